The maximum Gasteiger partial charge on any atom is 0.0320 e. The molecule has 0 aliphatic heterocycles. The third-order valence-corrected chi connectivity index (χ3v) is 4.11. The first-order chi connectivity index (χ1) is 8.85. The zero-order valence-electron chi connectivity index (χ0n) is 11.9. The Kier molecular flexibility index (Phi) is 5.25. The molecule has 0 radical (unpaired) electrons. The van der Waals surface area contributed by atoms with Crippen molar-refractivity contribution in [2.24, 2.45) is 0 Å². The average molecular weight is 245 g/mol. The number of benzene rings is 1. The molecule has 18 heavy (non-hydrogen) atoms. The van der Waals surface area contributed by atoms with Crippen LogP contribution in [0.3, 0.4) is 0 Å². The van der Waals surface area contributed by atoms with Crippen molar-refractivity contribution in [3.05, 3.63) is 35.4 Å². The Morgan fingerprint density at radius 3 is 2.67 bits per heavy atom. The molecule has 0 bridgehead atoms. The van der Waals surface area contributed by atoms with Gasteiger partial charge in [-0.1, -0.05) is 51.0 Å². The number of hydrogen-bond acceptors (Lipinski definition) is 1. The van der Waals surface area contributed by atoms with Crippen LogP contribution in [0.2, 0.25) is 0 Å². The summed E-state index contributed by atoms with van der Waals surface area (Å²) in [7, 11) is 0. The number of nitrogens with one attached hydrogen (secondary N) is 1. The molecule has 1 fully saturated rings. The maximum absolute atomic E-state index is 3.69. The second-order valence-electron chi connectivity index (χ2n) is 5.59. The highest BCUT2D eigenvalue weighted by atomic mass is 14.9. The molecule has 1 heteroatoms. The van der Waals surface area contributed by atoms with Crippen LogP contribution in [0.15, 0.2) is 24.3 Å². The summed E-state index contributed by atoms with van der Waals surface area (Å²) in [6.45, 7) is 5.63. The zero-order valence-corrected chi connectivity index (χ0v) is 11.9. The van der Waals surface area contributed by atoms with Crippen molar-refractivity contribution in [3.8, 4) is 0 Å². The molecule has 1 N–H and O–H groups in total. The van der Waals surface area contributed by atoms with E-state index in [1.807, 2.05) is 0 Å². The molecule has 1 atom stereocenters. The molecule has 100 valence electrons. The van der Waals surface area contributed by atoms with Crippen LogP contribution in [0.4, 0.5) is 0 Å². The van der Waals surface area contributed by atoms with E-state index in [0.717, 1.165) is 12.5 Å². The normalized spacial score (nSPS) is 17.4. The minimum atomic E-state index is 0.551. The van der Waals surface area contributed by atoms with Crippen molar-refractivity contribution in [1.29, 1.82) is 0 Å². The summed E-state index contributed by atoms with van der Waals surface area (Å²) >= 11 is 0. The molecule has 0 spiro atoms. The van der Waals surface area contributed by atoms with E-state index in [1.54, 1.807) is 5.56 Å². The van der Waals surface area contributed by atoms with Gasteiger partial charge in [0, 0.05) is 6.04 Å². The fourth-order valence-electron chi connectivity index (χ4n) is 2.77. The van der Waals surface area contributed by atoms with Crippen molar-refractivity contribution in [1.82, 2.24) is 5.32 Å². The SMILES string of the molecule is CCCNC(CCC)c1cccc(C2CCC2)c1. The molecule has 1 nitrogen and oxygen atoms in total. The Labute approximate surface area is 112 Å². The Bertz CT molecular complexity index is 354. The van der Waals surface area contributed by atoms with Gasteiger partial charge >= 0.3 is 0 Å². The lowest BCUT2D eigenvalue weighted by Gasteiger charge is -2.27. The molecule has 1 aliphatic rings. The van der Waals surface area contributed by atoms with Crippen LogP contribution in [-0.2, 0) is 0 Å². The summed E-state index contributed by atoms with van der Waals surface area (Å²) < 4.78 is 0. The van der Waals surface area contributed by atoms with E-state index in [0.29, 0.717) is 6.04 Å². The van der Waals surface area contributed by atoms with Gasteiger partial charge in [0.15, 0.2) is 0 Å². The lowest BCUT2D eigenvalue weighted by molar-refractivity contribution is 0.418. The molecular weight excluding hydrogens is 218 g/mol. The molecular formula is C17H27N. The van der Waals surface area contributed by atoms with Gasteiger partial charge in [-0.05, 0) is 49.3 Å². The lowest BCUT2D eigenvalue weighted by Crippen LogP contribution is -2.22. The number of hydrogen-bond donors (Lipinski definition) is 1. The van der Waals surface area contributed by atoms with Gasteiger partial charge in [-0.25, -0.2) is 0 Å². The van der Waals surface area contributed by atoms with Crippen molar-refractivity contribution in [2.75, 3.05) is 6.54 Å². The van der Waals surface area contributed by atoms with Gasteiger partial charge in [0.1, 0.15) is 0 Å². The first kappa shape index (κ1) is 13.6. The summed E-state index contributed by atoms with van der Waals surface area (Å²) in [5.41, 5.74) is 3.06. The topological polar surface area (TPSA) is 12.0 Å². The third kappa shape index (κ3) is 3.35. The van der Waals surface area contributed by atoms with Gasteiger partial charge in [-0.2, -0.15) is 0 Å². The molecule has 1 saturated carbocycles. The van der Waals surface area contributed by atoms with E-state index in [2.05, 4.69) is 43.4 Å². The van der Waals surface area contributed by atoms with Crippen LogP contribution in [0.25, 0.3) is 0 Å². The van der Waals surface area contributed by atoms with Crippen molar-refractivity contribution in [3.63, 3.8) is 0 Å². The largest absolute Gasteiger partial charge is 0.310 e. The smallest absolute Gasteiger partial charge is 0.0320 e. The molecule has 1 aromatic carbocycles. The highest BCUT2D eigenvalue weighted by molar-refractivity contribution is 5.29. The van der Waals surface area contributed by atoms with Crippen LogP contribution < -0.4 is 5.32 Å². The maximum atomic E-state index is 3.69. The van der Waals surface area contributed by atoms with E-state index in [4.69, 9.17) is 0 Å². The van der Waals surface area contributed by atoms with E-state index in [9.17, 15) is 0 Å². The second kappa shape index (κ2) is 6.94. The molecule has 1 aromatic rings. The van der Waals surface area contributed by atoms with E-state index >= 15 is 0 Å². The Morgan fingerprint density at radius 2 is 2.06 bits per heavy atom. The van der Waals surface area contributed by atoms with Crippen molar-refractivity contribution >= 4 is 0 Å². The van der Waals surface area contributed by atoms with Crippen LogP contribution in [0, 0.1) is 0 Å². The fraction of sp³-hybridized carbons (Fsp3) is 0.647. The molecule has 2 rings (SSSR count). The van der Waals surface area contributed by atoms with Crippen LogP contribution >= 0.6 is 0 Å². The average Bonchev–Trinajstić information content (AvgIpc) is 2.33. The summed E-state index contributed by atoms with van der Waals surface area (Å²) in [6.07, 6.45) is 7.90. The van der Waals surface area contributed by atoms with E-state index in [-0.39, 0.29) is 0 Å². The number of rotatable bonds is 7. The van der Waals surface area contributed by atoms with Gasteiger partial charge < -0.3 is 5.32 Å². The summed E-state index contributed by atoms with van der Waals surface area (Å²) in [4.78, 5) is 0. The van der Waals surface area contributed by atoms with Gasteiger partial charge in [0.05, 0.1) is 0 Å². The zero-order chi connectivity index (χ0) is 12.8. The highest BCUT2D eigenvalue weighted by Gasteiger charge is 2.20. The fourth-order valence-corrected chi connectivity index (χ4v) is 2.77. The first-order valence-electron chi connectivity index (χ1n) is 7.68. The van der Waals surface area contributed by atoms with Crippen LogP contribution in [0.1, 0.15) is 75.5 Å². The molecule has 0 aromatic heterocycles. The van der Waals surface area contributed by atoms with Gasteiger partial charge in [0.2, 0.25) is 0 Å². The highest BCUT2D eigenvalue weighted by Crippen LogP contribution is 2.37. The van der Waals surface area contributed by atoms with Crippen molar-refractivity contribution in [2.45, 2.75) is 64.3 Å². The Morgan fingerprint density at radius 1 is 1.22 bits per heavy atom. The standard InChI is InChI=1S/C17H27N/c1-3-7-17(18-12-4-2)16-11-6-10-15(13-16)14-8-5-9-14/h6,10-11,13-14,17-18H,3-5,7-9,12H2,1-2H3. The predicted molar refractivity (Wildman–Crippen MR) is 79.0 cm³/mol. The van der Waals surface area contributed by atoms with Crippen LogP contribution in [-0.4, -0.2) is 6.54 Å². The summed E-state index contributed by atoms with van der Waals surface area (Å²) in [5, 5.41) is 3.69. The lowest BCUT2D eigenvalue weighted by atomic mass is 9.79. The van der Waals surface area contributed by atoms with E-state index < -0.39 is 0 Å². The van der Waals surface area contributed by atoms with Gasteiger partial charge in [-0.3, -0.25) is 0 Å². The summed E-state index contributed by atoms with van der Waals surface area (Å²) in [6, 6.07) is 9.86. The van der Waals surface area contributed by atoms with Crippen molar-refractivity contribution < 1.29 is 0 Å². The predicted octanol–water partition coefficient (Wildman–Crippen LogP) is 4.79. The molecule has 0 amide bonds. The third-order valence-electron chi connectivity index (χ3n) is 4.11. The molecule has 0 saturated heterocycles. The van der Waals surface area contributed by atoms with Gasteiger partial charge in [-0.15, -0.1) is 0 Å². The first-order valence-corrected chi connectivity index (χ1v) is 7.68. The second-order valence-corrected chi connectivity index (χ2v) is 5.59. The Hall–Kier alpha value is -0.820. The van der Waals surface area contributed by atoms with Gasteiger partial charge in [0.25, 0.3) is 0 Å². The Balaban J connectivity index is 2.07. The minimum absolute atomic E-state index is 0.551. The molecule has 1 aliphatic carbocycles. The molecule has 1 unspecified atom stereocenters. The minimum Gasteiger partial charge on any atom is -0.310 e. The molecule has 0 heterocycles. The summed E-state index contributed by atoms with van der Waals surface area (Å²) in [5.74, 6) is 0.846. The van der Waals surface area contributed by atoms with E-state index in [1.165, 1.54) is 44.1 Å². The van der Waals surface area contributed by atoms with Crippen LogP contribution in [0.5, 0.6) is 0 Å². The quantitative estimate of drug-likeness (QED) is 0.728. The monoisotopic (exact) mass is 245 g/mol.